The Morgan fingerprint density at radius 2 is 2.00 bits per heavy atom. The highest BCUT2D eigenvalue weighted by molar-refractivity contribution is 5.84. The van der Waals surface area contributed by atoms with Crippen LogP contribution in [-0.2, 0) is 4.79 Å². The molecular formula is C20H28N6O2. The number of fused-ring (bicyclic) bond motifs is 3. The summed E-state index contributed by atoms with van der Waals surface area (Å²) in [5.74, 6) is 2.31. The fraction of sp³-hybridized carbons (Fsp3) is 0.500. The Bertz CT molecular complexity index is 990. The quantitative estimate of drug-likeness (QED) is 0.608. The Labute approximate surface area is 164 Å². The third kappa shape index (κ3) is 4.49. The first-order valence-corrected chi connectivity index (χ1v) is 9.53. The van der Waals surface area contributed by atoms with Crippen molar-refractivity contribution in [3.8, 4) is 5.75 Å². The van der Waals surface area contributed by atoms with Gasteiger partial charge in [-0.2, -0.15) is 0 Å². The fourth-order valence-corrected chi connectivity index (χ4v) is 3.10. The number of aromatic nitrogens is 4. The van der Waals surface area contributed by atoms with Gasteiger partial charge in [-0.15, -0.1) is 10.2 Å². The summed E-state index contributed by atoms with van der Waals surface area (Å²) in [5, 5.41) is 14.8. The molecule has 0 aliphatic carbocycles. The number of anilines is 1. The van der Waals surface area contributed by atoms with Crippen molar-refractivity contribution in [2.45, 2.75) is 52.5 Å². The lowest BCUT2D eigenvalue weighted by Crippen LogP contribution is -2.40. The molecule has 0 fully saturated rings. The molecule has 0 saturated heterocycles. The topological polar surface area (TPSA) is 93.4 Å². The van der Waals surface area contributed by atoms with Crippen LogP contribution >= 0.6 is 0 Å². The molecule has 150 valence electrons. The molecule has 2 aromatic heterocycles. The first-order valence-electron chi connectivity index (χ1n) is 9.53. The number of aryl methyl sites for hydroxylation is 1. The number of hydrogen-bond acceptors (Lipinski definition) is 6. The minimum atomic E-state index is -0.192. The molecule has 1 aromatic carbocycles. The Morgan fingerprint density at radius 1 is 1.21 bits per heavy atom. The maximum atomic E-state index is 11.9. The van der Waals surface area contributed by atoms with Gasteiger partial charge in [0.25, 0.3) is 0 Å². The van der Waals surface area contributed by atoms with Crippen LogP contribution in [0.3, 0.4) is 0 Å². The molecule has 2 heterocycles. The third-order valence-electron chi connectivity index (χ3n) is 4.33. The van der Waals surface area contributed by atoms with Gasteiger partial charge in [0, 0.05) is 24.6 Å². The zero-order valence-electron chi connectivity index (χ0n) is 17.2. The van der Waals surface area contributed by atoms with E-state index < -0.39 is 0 Å². The lowest BCUT2D eigenvalue weighted by Gasteiger charge is -2.20. The van der Waals surface area contributed by atoms with Crippen LogP contribution in [-0.4, -0.2) is 44.7 Å². The van der Waals surface area contributed by atoms with Crippen LogP contribution in [0.25, 0.3) is 16.7 Å². The van der Waals surface area contributed by atoms with E-state index in [-0.39, 0.29) is 11.4 Å². The van der Waals surface area contributed by atoms with E-state index in [2.05, 4.69) is 20.8 Å². The maximum absolute atomic E-state index is 11.9. The molecule has 0 aliphatic heterocycles. The van der Waals surface area contributed by atoms with E-state index in [0.717, 1.165) is 35.4 Å². The van der Waals surface area contributed by atoms with Crippen molar-refractivity contribution in [3.05, 3.63) is 24.0 Å². The fourth-order valence-electron chi connectivity index (χ4n) is 3.10. The van der Waals surface area contributed by atoms with Gasteiger partial charge in [0.15, 0.2) is 5.82 Å². The van der Waals surface area contributed by atoms with E-state index in [4.69, 9.17) is 9.72 Å². The Hall–Kier alpha value is -2.90. The second kappa shape index (κ2) is 8.00. The molecule has 3 rings (SSSR count). The number of nitrogens with one attached hydrogen (secondary N) is 2. The van der Waals surface area contributed by atoms with E-state index >= 15 is 0 Å². The SMILES string of the molecule is COc1ccc2c(c1)nc(NCCCCC(=O)NC(C)(C)C)c1nnc(C)n12. The molecule has 0 unspecified atom stereocenters. The van der Waals surface area contributed by atoms with Crippen LogP contribution in [0, 0.1) is 6.92 Å². The molecule has 0 bridgehead atoms. The number of amides is 1. The predicted molar refractivity (Wildman–Crippen MR) is 110 cm³/mol. The van der Waals surface area contributed by atoms with Gasteiger partial charge in [-0.1, -0.05) is 0 Å². The molecule has 28 heavy (non-hydrogen) atoms. The van der Waals surface area contributed by atoms with Gasteiger partial charge in [0.2, 0.25) is 11.6 Å². The van der Waals surface area contributed by atoms with Crippen LogP contribution in [0.15, 0.2) is 18.2 Å². The molecule has 8 nitrogen and oxygen atoms in total. The normalized spacial score (nSPS) is 11.8. The molecule has 0 radical (unpaired) electrons. The summed E-state index contributed by atoms with van der Waals surface area (Å²) in [5.41, 5.74) is 2.24. The van der Waals surface area contributed by atoms with Gasteiger partial charge in [-0.05, 0) is 52.7 Å². The number of benzene rings is 1. The first kappa shape index (κ1) is 19.9. The Kier molecular flexibility index (Phi) is 5.67. The molecule has 1 amide bonds. The summed E-state index contributed by atoms with van der Waals surface area (Å²) >= 11 is 0. The van der Waals surface area contributed by atoms with Gasteiger partial charge in [0.1, 0.15) is 11.6 Å². The lowest BCUT2D eigenvalue weighted by molar-refractivity contribution is -0.122. The molecule has 3 aromatic rings. The first-order chi connectivity index (χ1) is 13.3. The van der Waals surface area contributed by atoms with Gasteiger partial charge in [-0.25, -0.2) is 4.98 Å². The standard InChI is InChI=1S/C20H28N6O2/c1-13-24-25-19-18(21-11-7-6-8-17(27)23-20(2,3)4)22-15-12-14(28-5)9-10-16(15)26(13)19/h9-10,12H,6-8,11H2,1-5H3,(H,21,22)(H,23,27). The third-order valence-corrected chi connectivity index (χ3v) is 4.33. The monoisotopic (exact) mass is 384 g/mol. The molecule has 0 aliphatic rings. The van der Waals surface area contributed by atoms with Crippen LogP contribution in [0.1, 0.15) is 45.9 Å². The van der Waals surface area contributed by atoms with Crippen molar-refractivity contribution in [1.29, 1.82) is 0 Å². The van der Waals surface area contributed by atoms with Crippen LogP contribution in [0.4, 0.5) is 5.82 Å². The summed E-state index contributed by atoms with van der Waals surface area (Å²) in [6, 6.07) is 5.76. The van der Waals surface area contributed by atoms with Crippen molar-refractivity contribution in [1.82, 2.24) is 24.9 Å². The number of ether oxygens (including phenoxy) is 1. The van der Waals surface area contributed by atoms with Crippen molar-refractivity contribution in [2.24, 2.45) is 0 Å². The van der Waals surface area contributed by atoms with E-state index in [1.54, 1.807) is 7.11 Å². The minimum absolute atomic E-state index is 0.0823. The van der Waals surface area contributed by atoms with Crippen molar-refractivity contribution in [2.75, 3.05) is 19.0 Å². The van der Waals surface area contributed by atoms with Crippen molar-refractivity contribution >= 4 is 28.4 Å². The summed E-state index contributed by atoms with van der Waals surface area (Å²) in [4.78, 5) is 16.6. The van der Waals surface area contributed by atoms with Crippen LogP contribution in [0.2, 0.25) is 0 Å². The minimum Gasteiger partial charge on any atom is -0.497 e. The maximum Gasteiger partial charge on any atom is 0.220 e. The van der Waals surface area contributed by atoms with Crippen LogP contribution in [0.5, 0.6) is 5.75 Å². The molecule has 0 atom stereocenters. The van der Waals surface area contributed by atoms with E-state index in [0.29, 0.717) is 24.4 Å². The molecule has 0 spiro atoms. The summed E-state index contributed by atoms with van der Waals surface area (Å²) in [7, 11) is 1.64. The van der Waals surface area contributed by atoms with Crippen molar-refractivity contribution in [3.63, 3.8) is 0 Å². The summed E-state index contributed by atoms with van der Waals surface area (Å²) in [6.07, 6.45) is 2.17. The largest absolute Gasteiger partial charge is 0.497 e. The average Bonchev–Trinajstić information content (AvgIpc) is 3.01. The second-order valence-corrected chi connectivity index (χ2v) is 7.90. The molecule has 8 heteroatoms. The number of carbonyl (C=O) groups excluding carboxylic acids is 1. The average molecular weight is 384 g/mol. The highest BCUT2D eigenvalue weighted by Crippen LogP contribution is 2.25. The number of nitrogens with zero attached hydrogens (tertiary/aromatic N) is 4. The highest BCUT2D eigenvalue weighted by atomic mass is 16.5. The second-order valence-electron chi connectivity index (χ2n) is 7.90. The molecule has 0 saturated carbocycles. The van der Waals surface area contributed by atoms with E-state index in [9.17, 15) is 4.79 Å². The van der Waals surface area contributed by atoms with E-state index in [1.807, 2.05) is 50.3 Å². The number of rotatable bonds is 7. The number of hydrogen-bond donors (Lipinski definition) is 2. The number of carbonyl (C=O) groups is 1. The molecular weight excluding hydrogens is 356 g/mol. The summed E-state index contributed by atoms with van der Waals surface area (Å²) < 4.78 is 7.30. The van der Waals surface area contributed by atoms with Gasteiger partial charge in [-0.3, -0.25) is 9.20 Å². The van der Waals surface area contributed by atoms with Gasteiger partial charge >= 0.3 is 0 Å². The van der Waals surface area contributed by atoms with Crippen molar-refractivity contribution < 1.29 is 9.53 Å². The smallest absolute Gasteiger partial charge is 0.220 e. The van der Waals surface area contributed by atoms with Gasteiger partial charge in [0.05, 0.1) is 18.1 Å². The Balaban J connectivity index is 1.69. The van der Waals surface area contributed by atoms with Gasteiger partial charge < -0.3 is 15.4 Å². The lowest BCUT2D eigenvalue weighted by atomic mass is 10.1. The molecule has 2 N–H and O–H groups in total. The van der Waals surface area contributed by atoms with Crippen LogP contribution < -0.4 is 15.4 Å². The zero-order chi connectivity index (χ0) is 20.3. The number of unbranched alkanes of at least 4 members (excludes halogenated alkanes) is 1. The highest BCUT2D eigenvalue weighted by Gasteiger charge is 2.14. The Morgan fingerprint density at radius 3 is 2.71 bits per heavy atom. The predicted octanol–water partition coefficient (Wildman–Crippen LogP) is 3.09. The number of methoxy groups -OCH3 is 1. The zero-order valence-corrected chi connectivity index (χ0v) is 17.2. The summed E-state index contributed by atoms with van der Waals surface area (Å²) in [6.45, 7) is 8.57. The van der Waals surface area contributed by atoms with E-state index in [1.165, 1.54) is 0 Å².